The average molecular weight is 307 g/mol. The zero-order valence-electron chi connectivity index (χ0n) is 12.0. The molecule has 1 aromatic carbocycles. The van der Waals surface area contributed by atoms with Crippen molar-refractivity contribution >= 4 is 27.4 Å². The molecule has 3 nitrogen and oxygen atoms in total. The third-order valence-corrected chi connectivity index (χ3v) is 4.09. The smallest absolute Gasteiger partial charge is 0.348 e. The largest absolute Gasteiger partial charge is 0.462 e. The Morgan fingerprint density at radius 2 is 2.05 bits per heavy atom. The van der Waals surface area contributed by atoms with E-state index in [1.807, 2.05) is 36.4 Å². The van der Waals surface area contributed by atoms with Crippen LogP contribution in [0.4, 0.5) is 0 Å². The Morgan fingerprint density at radius 3 is 2.82 bits per heavy atom. The number of hydrogen-bond acceptors (Lipinski definition) is 4. The normalized spacial score (nSPS) is 10.0. The second-order valence-corrected chi connectivity index (χ2v) is 5.63. The molecule has 4 heteroatoms. The number of aromatic nitrogens is 1. The summed E-state index contributed by atoms with van der Waals surface area (Å²) in [5, 5.41) is 0.937. The number of fused-ring (bicyclic) bond motifs is 1. The van der Waals surface area contributed by atoms with Gasteiger partial charge in [0.15, 0.2) is 0 Å². The highest BCUT2D eigenvalue weighted by atomic mass is 32.1. The summed E-state index contributed by atoms with van der Waals surface area (Å²) in [6, 6.07) is 11.6. The van der Waals surface area contributed by atoms with E-state index in [1.165, 1.54) is 11.3 Å². The molecule has 0 atom stereocenters. The van der Waals surface area contributed by atoms with Crippen LogP contribution in [-0.2, 0) is 4.74 Å². The van der Waals surface area contributed by atoms with Gasteiger partial charge in [0.05, 0.1) is 16.9 Å². The molecule has 0 unspecified atom stereocenters. The minimum atomic E-state index is -0.300. The van der Waals surface area contributed by atoms with Gasteiger partial charge in [0.25, 0.3) is 0 Å². The Kier molecular flexibility index (Phi) is 4.17. The van der Waals surface area contributed by atoms with Gasteiger partial charge in [0.2, 0.25) is 0 Å². The van der Waals surface area contributed by atoms with Gasteiger partial charge in [0, 0.05) is 23.3 Å². The predicted molar refractivity (Wildman–Crippen MR) is 88.0 cm³/mol. The van der Waals surface area contributed by atoms with Crippen molar-refractivity contribution in [1.29, 1.82) is 0 Å². The second kappa shape index (κ2) is 6.42. The monoisotopic (exact) mass is 307 g/mol. The number of thiophene rings is 1. The van der Waals surface area contributed by atoms with E-state index < -0.39 is 0 Å². The zero-order chi connectivity index (χ0) is 15.4. The molecule has 108 valence electrons. The minimum Gasteiger partial charge on any atom is -0.462 e. The van der Waals surface area contributed by atoms with Crippen LogP contribution in [0.15, 0.2) is 48.8 Å². The fraction of sp³-hybridized carbons (Fsp3) is 0.111. The van der Waals surface area contributed by atoms with Crippen LogP contribution in [0.5, 0.6) is 0 Å². The SMILES string of the molecule is CCOC(=O)c1cc2c(C#Cc3ccccc3)cncc2s1. The van der Waals surface area contributed by atoms with Gasteiger partial charge in [-0.05, 0) is 25.1 Å². The van der Waals surface area contributed by atoms with Crippen LogP contribution in [0.25, 0.3) is 10.1 Å². The Balaban J connectivity index is 2.00. The van der Waals surface area contributed by atoms with Gasteiger partial charge in [-0.2, -0.15) is 0 Å². The van der Waals surface area contributed by atoms with Crippen LogP contribution in [0.1, 0.15) is 27.7 Å². The molecule has 0 aliphatic carbocycles. The molecular weight excluding hydrogens is 294 g/mol. The molecule has 3 rings (SSSR count). The Hall–Kier alpha value is -2.64. The van der Waals surface area contributed by atoms with Crippen LogP contribution < -0.4 is 0 Å². The summed E-state index contributed by atoms with van der Waals surface area (Å²) in [4.78, 5) is 16.6. The van der Waals surface area contributed by atoms with E-state index in [-0.39, 0.29) is 5.97 Å². The fourth-order valence-electron chi connectivity index (χ4n) is 2.02. The summed E-state index contributed by atoms with van der Waals surface area (Å²) < 4.78 is 5.97. The van der Waals surface area contributed by atoms with Crippen LogP contribution in [0.2, 0.25) is 0 Å². The third kappa shape index (κ3) is 3.00. The lowest BCUT2D eigenvalue weighted by molar-refractivity contribution is 0.0532. The molecule has 0 fully saturated rings. The van der Waals surface area contributed by atoms with E-state index in [0.29, 0.717) is 11.5 Å². The van der Waals surface area contributed by atoms with E-state index >= 15 is 0 Å². The molecule has 0 radical (unpaired) electrons. The van der Waals surface area contributed by atoms with Crippen molar-refractivity contribution in [1.82, 2.24) is 4.98 Å². The molecule has 0 aliphatic rings. The summed E-state index contributed by atoms with van der Waals surface area (Å²) in [7, 11) is 0. The standard InChI is InChI=1S/C18H13NO2S/c1-2-21-18(20)16-10-15-14(11-19-12-17(15)22-16)9-8-13-6-4-3-5-7-13/h3-7,10-12H,2H2,1H3. The van der Waals surface area contributed by atoms with E-state index in [0.717, 1.165) is 21.2 Å². The predicted octanol–water partition coefficient (Wildman–Crippen LogP) is 3.87. The molecule has 0 saturated carbocycles. The summed E-state index contributed by atoms with van der Waals surface area (Å²) in [5.74, 6) is 5.95. The second-order valence-electron chi connectivity index (χ2n) is 4.55. The van der Waals surface area contributed by atoms with Crippen molar-refractivity contribution in [2.24, 2.45) is 0 Å². The number of pyridine rings is 1. The van der Waals surface area contributed by atoms with Crippen molar-refractivity contribution < 1.29 is 9.53 Å². The maximum Gasteiger partial charge on any atom is 0.348 e. The summed E-state index contributed by atoms with van der Waals surface area (Å²) in [6.07, 6.45) is 3.47. The number of benzene rings is 1. The summed E-state index contributed by atoms with van der Waals surface area (Å²) in [6.45, 7) is 2.16. The molecule has 0 saturated heterocycles. The molecule has 2 heterocycles. The minimum absolute atomic E-state index is 0.300. The van der Waals surface area contributed by atoms with Crippen molar-refractivity contribution in [3.63, 3.8) is 0 Å². The van der Waals surface area contributed by atoms with Crippen molar-refractivity contribution in [3.05, 3.63) is 64.8 Å². The lowest BCUT2D eigenvalue weighted by Gasteiger charge is -1.95. The van der Waals surface area contributed by atoms with Gasteiger partial charge < -0.3 is 4.74 Å². The summed E-state index contributed by atoms with van der Waals surface area (Å²) >= 11 is 1.38. The molecule has 0 N–H and O–H groups in total. The van der Waals surface area contributed by atoms with Gasteiger partial charge in [-0.3, -0.25) is 4.98 Å². The molecule has 0 aliphatic heterocycles. The number of ether oxygens (including phenoxy) is 1. The average Bonchev–Trinajstić information content (AvgIpc) is 2.99. The van der Waals surface area contributed by atoms with E-state index in [2.05, 4.69) is 16.8 Å². The van der Waals surface area contributed by atoms with Crippen molar-refractivity contribution in [2.45, 2.75) is 6.92 Å². The first-order valence-corrected chi connectivity index (χ1v) is 7.71. The lowest BCUT2D eigenvalue weighted by Crippen LogP contribution is -2.01. The van der Waals surface area contributed by atoms with Crippen molar-refractivity contribution in [2.75, 3.05) is 6.61 Å². The van der Waals surface area contributed by atoms with Gasteiger partial charge in [-0.15, -0.1) is 11.3 Å². The molecule has 0 amide bonds. The van der Waals surface area contributed by atoms with Gasteiger partial charge in [0.1, 0.15) is 4.88 Å². The number of hydrogen-bond donors (Lipinski definition) is 0. The highest BCUT2D eigenvalue weighted by Gasteiger charge is 2.12. The quantitative estimate of drug-likeness (QED) is 0.533. The summed E-state index contributed by atoms with van der Waals surface area (Å²) in [5.41, 5.74) is 1.76. The van der Waals surface area contributed by atoms with E-state index in [1.54, 1.807) is 19.3 Å². The molecule has 22 heavy (non-hydrogen) atoms. The topological polar surface area (TPSA) is 39.2 Å². The number of esters is 1. The number of carbonyl (C=O) groups excluding carboxylic acids is 1. The lowest BCUT2D eigenvalue weighted by atomic mass is 10.1. The Morgan fingerprint density at radius 1 is 1.23 bits per heavy atom. The fourth-order valence-corrected chi connectivity index (χ4v) is 2.97. The number of rotatable bonds is 2. The highest BCUT2D eigenvalue weighted by molar-refractivity contribution is 7.20. The maximum absolute atomic E-state index is 11.8. The first-order valence-electron chi connectivity index (χ1n) is 6.89. The molecular formula is C18H13NO2S. The maximum atomic E-state index is 11.8. The Labute approximate surface area is 132 Å². The molecule has 2 aromatic heterocycles. The Bertz CT molecular complexity index is 872. The molecule has 3 aromatic rings. The van der Waals surface area contributed by atoms with Gasteiger partial charge in [-0.25, -0.2) is 4.79 Å². The van der Waals surface area contributed by atoms with Crippen LogP contribution >= 0.6 is 11.3 Å². The molecule has 0 bridgehead atoms. The third-order valence-electron chi connectivity index (χ3n) is 3.04. The molecule has 0 spiro atoms. The van der Waals surface area contributed by atoms with Gasteiger partial charge >= 0.3 is 5.97 Å². The van der Waals surface area contributed by atoms with E-state index in [4.69, 9.17) is 4.74 Å². The van der Waals surface area contributed by atoms with E-state index in [9.17, 15) is 4.79 Å². The number of nitrogens with zero attached hydrogens (tertiary/aromatic N) is 1. The van der Waals surface area contributed by atoms with Gasteiger partial charge in [-0.1, -0.05) is 30.0 Å². The zero-order valence-corrected chi connectivity index (χ0v) is 12.8. The first-order chi connectivity index (χ1) is 10.8. The van der Waals surface area contributed by atoms with Crippen molar-refractivity contribution in [3.8, 4) is 11.8 Å². The van der Waals surface area contributed by atoms with Crippen LogP contribution in [0.3, 0.4) is 0 Å². The number of carbonyl (C=O) groups is 1. The first kappa shape index (κ1) is 14.3. The highest BCUT2D eigenvalue weighted by Crippen LogP contribution is 2.27. The van der Waals surface area contributed by atoms with Crippen LogP contribution in [0, 0.1) is 11.8 Å². The van der Waals surface area contributed by atoms with Crippen LogP contribution in [-0.4, -0.2) is 17.6 Å².